The molecule has 3 rings (SSSR count). The number of anilines is 3. The van der Waals surface area contributed by atoms with Gasteiger partial charge in [-0.3, -0.25) is 9.89 Å². The Morgan fingerprint density at radius 2 is 2.22 bits per heavy atom. The van der Waals surface area contributed by atoms with Crippen LogP contribution >= 0.6 is 0 Å². The van der Waals surface area contributed by atoms with E-state index in [-0.39, 0.29) is 11.9 Å². The van der Waals surface area contributed by atoms with Crippen molar-refractivity contribution in [3.05, 3.63) is 47.7 Å². The topological polar surface area (TPSA) is 91.9 Å². The molecule has 36 heavy (non-hydrogen) atoms. The third-order valence-corrected chi connectivity index (χ3v) is 6.29. The summed E-state index contributed by atoms with van der Waals surface area (Å²) in [5.41, 5.74) is 9.30. The zero-order chi connectivity index (χ0) is 26.1. The number of aromatic nitrogens is 2. The Balaban J connectivity index is 1.71. The smallest absolute Gasteiger partial charge is 0.227 e. The molecule has 1 fully saturated rings. The fraction of sp³-hybridized carbons (Fsp3) is 0.519. The Morgan fingerprint density at radius 3 is 2.92 bits per heavy atom. The first-order valence-electron chi connectivity index (χ1n) is 12.7. The Kier molecular flexibility index (Phi) is 10.2. The van der Waals surface area contributed by atoms with Gasteiger partial charge in [-0.1, -0.05) is 0 Å². The summed E-state index contributed by atoms with van der Waals surface area (Å²) in [4.78, 5) is 17.8. The van der Waals surface area contributed by atoms with Crippen LogP contribution in [0.2, 0.25) is 0 Å². The molecule has 196 valence electrons. The van der Waals surface area contributed by atoms with Gasteiger partial charge >= 0.3 is 0 Å². The average Bonchev–Trinajstić information content (AvgIpc) is 2.86. The number of benzene rings is 1. The predicted molar refractivity (Wildman–Crippen MR) is 147 cm³/mol. The van der Waals surface area contributed by atoms with Crippen molar-refractivity contribution in [2.45, 2.75) is 52.6 Å². The Bertz CT molecular complexity index is 1060. The normalized spacial score (nSPS) is 16.9. The number of allylic oxidation sites excluding steroid dienone is 1. The number of piperidine rings is 1. The second kappa shape index (κ2) is 13.3. The zero-order valence-electron chi connectivity index (χ0n) is 22.2. The van der Waals surface area contributed by atoms with Crippen LogP contribution in [0.3, 0.4) is 0 Å². The van der Waals surface area contributed by atoms with Gasteiger partial charge in [-0.2, -0.15) is 0 Å². The zero-order valence-corrected chi connectivity index (χ0v) is 22.2. The fourth-order valence-electron chi connectivity index (χ4n) is 4.25. The molecule has 1 saturated heterocycles. The molecular formula is C27H40FN7O. The summed E-state index contributed by atoms with van der Waals surface area (Å²) in [5.74, 6) is 0.102. The van der Waals surface area contributed by atoms with Crippen LogP contribution in [0.4, 0.5) is 21.7 Å². The number of nitrogens with one attached hydrogen (secondary N) is 1. The molecule has 2 heterocycles. The number of aliphatic imine (C=N–C) groups is 1. The van der Waals surface area contributed by atoms with Crippen LogP contribution in [-0.4, -0.2) is 73.1 Å². The Labute approximate surface area is 214 Å². The second-order valence-electron chi connectivity index (χ2n) is 9.43. The summed E-state index contributed by atoms with van der Waals surface area (Å²) < 4.78 is 20.7. The van der Waals surface area contributed by atoms with Gasteiger partial charge in [0.1, 0.15) is 5.82 Å². The van der Waals surface area contributed by atoms with E-state index in [9.17, 15) is 0 Å². The maximum absolute atomic E-state index is 15.2. The number of likely N-dealkylation sites (N-methyl/N-ethyl adjacent to an activating group) is 1. The number of rotatable bonds is 11. The minimum Gasteiger partial charge on any atom is -0.404 e. The molecule has 1 aliphatic rings. The largest absolute Gasteiger partial charge is 0.404 e. The molecule has 1 aromatic carbocycles. The highest BCUT2D eigenvalue weighted by Gasteiger charge is 2.25. The average molecular weight is 498 g/mol. The molecule has 0 saturated carbocycles. The molecule has 0 spiro atoms. The molecule has 0 bridgehead atoms. The second-order valence-corrected chi connectivity index (χ2v) is 9.43. The lowest BCUT2D eigenvalue weighted by Gasteiger charge is -2.39. The lowest BCUT2D eigenvalue weighted by molar-refractivity contribution is 0.103. The Morgan fingerprint density at radius 1 is 1.42 bits per heavy atom. The van der Waals surface area contributed by atoms with Crippen LogP contribution in [0.25, 0.3) is 5.57 Å². The Hall–Kier alpha value is -3.04. The van der Waals surface area contributed by atoms with Crippen molar-refractivity contribution in [3.63, 3.8) is 0 Å². The number of ether oxygens (including phenoxy) is 1. The van der Waals surface area contributed by atoms with Crippen LogP contribution in [-0.2, 0) is 4.74 Å². The lowest BCUT2D eigenvalue weighted by Crippen LogP contribution is -2.47. The van der Waals surface area contributed by atoms with E-state index in [1.54, 1.807) is 12.4 Å². The third kappa shape index (κ3) is 7.48. The van der Waals surface area contributed by atoms with Crippen molar-refractivity contribution in [1.29, 1.82) is 0 Å². The number of halogens is 1. The van der Waals surface area contributed by atoms with Crippen molar-refractivity contribution < 1.29 is 9.13 Å². The van der Waals surface area contributed by atoms with Crippen LogP contribution in [0.5, 0.6) is 0 Å². The van der Waals surface area contributed by atoms with E-state index in [2.05, 4.69) is 37.1 Å². The maximum atomic E-state index is 15.2. The lowest BCUT2D eigenvalue weighted by atomic mass is 10.0. The summed E-state index contributed by atoms with van der Waals surface area (Å²) >= 11 is 0. The number of aryl methyl sites for hydroxylation is 1. The van der Waals surface area contributed by atoms with Crippen LogP contribution in [0.15, 0.2) is 35.6 Å². The van der Waals surface area contributed by atoms with E-state index in [1.165, 1.54) is 12.3 Å². The van der Waals surface area contributed by atoms with Crippen molar-refractivity contribution in [1.82, 2.24) is 14.9 Å². The molecule has 2 aromatic rings. The van der Waals surface area contributed by atoms with Crippen LogP contribution in [0.1, 0.15) is 44.9 Å². The van der Waals surface area contributed by atoms with Crippen molar-refractivity contribution in [2.75, 3.05) is 50.1 Å². The standard InChI is InChI=1S/C27H40FN7O/c1-6-36-13-12-34(5)23-8-7-11-35(18-23)25-10-9-22(14-24(25)28)32-27-31-16-20(4)26(33-27)21(15-29)17-30-19(2)3/h9-10,14-17,19,23H,6-8,11-13,18,29H2,1-5H3,(H,31,32,33)/t23-/m0/s1. The molecule has 3 N–H and O–H groups in total. The van der Waals surface area contributed by atoms with Crippen LogP contribution in [0, 0.1) is 12.7 Å². The number of nitrogens with two attached hydrogens (primary N) is 1. The van der Waals surface area contributed by atoms with Gasteiger partial charge < -0.3 is 20.7 Å². The first-order valence-corrected chi connectivity index (χ1v) is 12.7. The van der Waals surface area contributed by atoms with Gasteiger partial charge in [0.2, 0.25) is 5.95 Å². The minimum atomic E-state index is -0.267. The molecule has 1 aromatic heterocycles. The van der Waals surface area contributed by atoms with Gasteiger partial charge in [-0.15, -0.1) is 0 Å². The summed E-state index contributed by atoms with van der Waals surface area (Å²) in [6, 6.07) is 5.71. The van der Waals surface area contributed by atoms with Crippen molar-refractivity contribution in [2.24, 2.45) is 10.7 Å². The maximum Gasteiger partial charge on any atom is 0.227 e. The van der Waals surface area contributed by atoms with E-state index in [4.69, 9.17) is 10.5 Å². The first-order chi connectivity index (χ1) is 17.3. The SMILES string of the molecule is CCOCCN(C)[C@H]1CCCN(c2ccc(Nc3ncc(C)c(C(C=NC(C)C)=CN)n3)cc2F)C1. The van der Waals surface area contributed by atoms with E-state index >= 15 is 4.39 Å². The minimum absolute atomic E-state index is 0.145. The number of nitrogens with zero attached hydrogens (tertiary/aromatic N) is 5. The molecule has 0 amide bonds. The van der Waals surface area contributed by atoms with Gasteiger partial charge in [0.05, 0.1) is 18.0 Å². The quantitative estimate of drug-likeness (QED) is 0.352. The molecule has 0 radical (unpaired) electrons. The number of hydrogen-bond acceptors (Lipinski definition) is 8. The summed E-state index contributed by atoms with van der Waals surface area (Å²) in [7, 11) is 2.12. The number of hydrogen-bond donors (Lipinski definition) is 2. The van der Waals surface area contributed by atoms with Gasteiger partial charge in [0.25, 0.3) is 0 Å². The molecule has 0 unspecified atom stereocenters. The van der Waals surface area contributed by atoms with Crippen molar-refractivity contribution in [3.8, 4) is 0 Å². The van der Waals surface area contributed by atoms with Gasteiger partial charge in [-0.25, -0.2) is 14.4 Å². The first kappa shape index (κ1) is 27.5. The molecule has 9 heteroatoms. The molecular weight excluding hydrogens is 457 g/mol. The third-order valence-electron chi connectivity index (χ3n) is 6.29. The summed E-state index contributed by atoms with van der Waals surface area (Å²) in [5, 5.41) is 3.13. The van der Waals surface area contributed by atoms with Gasteiger partial charge in [-0.05, 0) is 71.3 Å². The molecule has 1 aliphatic heterocycles. The van der Waals surface area contributed by atoms with Crippen molar-refractivity contribution >= 4 is 29.1 Å². The predicted octanol–water partition coefficient (Wildman–Crippen LogP) is 4.38. The van der Waals surface area contributed by atoms with Gasteiger partial charge in [0, 0.05) is 68.2 Å². The fourth-order valence-corrected chi connectivity index (χ4v) is 4.25. The van der Waals surface area contributed by atoms with E-state index in [0.29, 0.717) is 41.2 Å². The highest BCUT2D eigenvalue weighted by Crippen LogP contribution is 2.28. The highest BCUT2D eigenvalue weighted by molar-refractivity contribution is 6.09. The summed E-state index contributed by atoms with van der Waals surface area (Å²) in [6.45, 7) is 11.9. The van der Waals surface area contributed by atoms with Gasteiger partial charge in [0.15, 0.2) is 0 Å². The highest BCUT2D eigenvalue weighted by atomic mass is 19.1. The molecule has 0 aliphatic carbocycles. The molecule has 1 atom stereocenters. The van der Waals surface area contributed by atoms with E-state index < -0.39 is 0 Å². The van der Waals surface area contributed by atoms with Crippen LogP contribution < -0.4 is 16.0 Å². The summed E-state index contributed by atoms with van der Waals surface area (Å²) in [6.07, 6.45) is 7.06. The monoisotopic (exact) mass is 497 g/mol. The van der Waals surface area contributed by atoms with E-state index in [1.807, 2.05) is 39.8 Å². The van der Waals surface area contributed by atoms with E-state index in [0.717, 1.165) is 44.6 Å². The molecule has 8 nitrogen and oxygen atoms in total.